The van der Waals surface area contributed by atoms with E-state index in [1.165, 1.54) is 10.5 Å². The van der Waals surface area contributed by atoms with Gasteiger partial charge in [0.1, 0.15) is 19.0 Å². The smallest absolute Gasteiger partial charge is 0.293 e. The van der Waals surface area contributed by atoms with E-state index in [-0.39, 0.29) is 24.3 Å². The minimum Gasteiger partial charge on any atom is -0.493 e. The van der Waals surface area contributed by atoms with Gasteiger partial charge in [-0.1, -0.05) is 42.0 Å². The summed E-state index contributed by atoms with van der Waals surface area (Å²) in [7, 11) is 1.56. The van der Waals surface area contributed by atoms with Gasteiger partial charge in [0.15, 0.2) is 11.5 Å². The number of carbonyl (C=O) groups excluding carboxylic acids is 2. The van der Waals surface area contributed by atoms with Crippen molar-refractivity contribution >= 4 is 44.9 Å². The summed E-state index contributed by atoms with van der Waals surface area (Å²) < 4.78 is 17.9. The summed E-state index contributed by atoms with van der Waals surface area (Å²) >= 11 is 4.47. The molecule has 0 radical (unpaired) electrons. The predicted octanol–water partition coefficient (Wildman–Crippen LogP) is 6.77. The molecule has 0 N–H and O–H groups in total. The zero-order valence-corrected chi connectivity index (χ0v) is 22.6. The van der Waals surface area contributed by atoms with Crippen LogP contribution in [-0.4, -0.2) is 36.3 Å². The first-order valence-electron chi connectivity index (χ1n) is 11.3. The lowest BCUT2D eigenvalue weighted by Gasteiger charge is -2.14. The summed E-state index contributed by atoms with van der Waals surface area (Å²) in [6.45, 7) is 4.80. The second-order valence-corrected chi connectivity index (χ2v) is 10.2. The van der Waals surface area contributed by atoms with Gasteiger partial charge in [0.2, 0.25) is 0 Å². The quantitative estimate of drug-likeness (QED) is 0.266. The number of amides is 2. The molecule has 0 unspecified atom stereocenters. The van der Waals surface area contributed by atoms with Crippen LogP contribution in [0.25, 0.3) is 6.08 Å². The number of benzene rings is 3. The zero-order chi connectivity index (χ0) is 25.7. The number of methoxy groups -OCH3 is 1. The van der Waals surface area contributed by atoms with Crippen LogP contribution in [0.5, 0.6) is 17.2 Å². The topological polar surface area (TPSA) is 65.1 Å². The van der Waals surface area contributed by atoms with Gasteiger partial charge in [-0.15, -0.1) is 0 Å². The highest BCUT2D eigenvalue weighted by molar-refractivity contribution is 9.10. The number of hydrogen-bond acceptors (Lipinski definition) is 6. The number of imide groups is 1. The zero-order valence-electron chi connectivity index (χ0n) is 20.2. The van der Waals surface area contributed by atoms with Gasteiger partial charge in [-0.25, -0.2) is 0 Å². The van der Waals surface area contributed by atoms with Crippen LogP contribution in [0.4, 0.5) is 4.79 Å². The Morgan fingerprint density at radius 1 is 0.972 bits per heavy atom. The van der Waals surface area contributed by atoms with Crippen molar-refractivity contribution in [2.75, 3.05) is 20.3 Å². The fraction of sp³-hybridized carbons (Fsp3) is 0.214. The number of nitrogens with zero attached hydrogens (tertiary/aromatic N) is 1. The molecule has 4 rings (SSSR count). The van der Waals surface area contributed by atoms with Crippen molar-refractivity contribution in [2.24, 2.45) is 0 Å². The van der Waals surface area contributed by atoms with Crippen LogP contribution in [0.15, 0.2) is 70.0 Å². The Bertz CT molecular complexity index is 1310. The summed E-state index contributed by atoms with van der Waals surface area (Å²) in [5.41, 5.74) is 4.02. The van der Waals surface area contributed by atoms with Gasteiger partial charge in [-0.3, -0.25) is 14.5 Å². The Kier molecular flexibility index (Phi) is 8.38. The van der Waals surface area contributed by atoms with Crippen molar-refractivity contribution < 1.29 is 23.8 Å². The van der Waals surface area contributed by atoms with Gasteiger partial charge in [0, 0.05) is 0 Å². The van der Waals surface area contributed by atoms with Crippen molar-refractivity contribution in [3.8, 4) is 17.2 Å². The van der Waals surface area contributed by atoms with Crippen LogP contribution >= 0.6 is 27.7 Å². The first-order chi connectivity index (χ1) is 17.3. The van der Waals surface area contributed by atoms with Crippen LogP contribution < -0.4 is 14.2 Å². The number of ether oxygens (including phenoxy) is 3. The third-order valence-corrected chi connectivity index (χ3v) is 7.00. The molecule has 0 aromatic heterocycles. The third-order valence-electron chi connectivity index (χ3n) is 5.50. The van der Waals surface area contributed by atoms with Gasteiger partial charge in [0.05, 0.1) is 23.0 Å². The van der Waals surface area contributed by atoms with Gasteiger partial charge in [-0.2, -0.15) is 0 Å². The minimum absolute atomic E-state index is 0.175. The van der Waals surface area contributed by atoms with Crippen molar-refractivity contribution in [2.45, 2.75) is 20.5 Å². The van der Waals surface area contributed by atoms with Crippen LogP contribution in [0, 0.1) is 13.8 Å². The first kappa shape index (κ1) is 25.9. The molecule has 36 heavy (non-hydrogen) atoms. The highest BCUT2D eigenvalue weighted by Gasteiger charge is 2.35. The summed E-state index contributed by atoms with van der Waals surface area (Å²) in [4.78, 5) is 26.9. The van der Waals surface area contributed by atoms with E-state index in [9.17, 15) is 9.59 Å². The highest BCUT2D eigenvalue weighted by atomic mass is 79.9. The predicted molar refractivity (Wildman–Crippen MR) is 146 cm³/mol. The van der Waals surface area contributed by atoms with Crippen molar-refractivity contribution in [3.05, 3.63) is 92.3 Å². The molecule has 1 heterocycles. The normalized spacial score (nSPS) is 14.4. The Labute approximate surface area is 223 Å². The van der Waals surface area contributed by atoms with Crippen molar-refractivity contribution in [1.29, 1.82) is 0 Å². The number of aryl methyl sites for hydroxylation is 2. The summed E-state index contributed by atoms with van der Waals surface area (Å²) in [6, 6.07) is 19.4. The maximum atomic E-state index is 12.9. The standard InChI is InChI=1S/C28H26BrNO5S/c1-18-7-9-20(10-8-18)17-35-26-23(29)14-21(15-24(26)33-3)16-25-27(31)30(28(32)36-25)11-12-34-22-6-4-5-19(2)13-22/h4-10,13-16H,11-12,17H2,1-3H3/b25-16-. The molecule has 0 aliphatic carbocycles. The molecular weight excluding hydrogens is 542 g/mol. The molecule has 0 atom stereocenters. The fourth-order valence-electron chi connectivity index (χ4n) is 3.61. The van der Waals surface area contributed by atoms with E-state index in [0.717, 1.165) is 22.9 Å². The molecule has 1 saturated heterocycles. The van der Waals surface area contributed by atoms with Crippen LogP contribution in [0.1, 0.15) is 22.3 Å². The Hall–Kier alpha value is -3.23. The Balaban J connectivity index is 1.43. The summed E-state index contributed by atoms with van der Waals surface area (Å²) in [6.07, 6.45) is 1.68. The SMILES string of the molecule is COc1cc(/C=C2\SC(=O)N(CCOc3cccc(C)c3)C2=O)cc(Br)c1OCc1ccc(C)cc1. The van der Waals surface area contributed by atoms with Crippen LogP contribution in [-0.2, 0) is 11.4 Å². The monoisotopic (exact) mass is 567 g/mol. The average Bonchev–Trinajstić information content (AvgIpc) is 3.11. The van der Waals surface area contributed by atoms with Crippen molar-refractivity contribution in [1.82, 2.24) is 4.90 Å². The number of thioether (sulfide) groups is 1. The second kappa shape index (κ2) is 11.7. The van der Waals surface area contributed by atoms with Crippen LogP contribution in [0.2, 0.25) is 0 Å². The molecule has 0 bridgehead atoms. The van der Waals surface area contributed by atoms with E-state index in [2.05, 4.69) is 15.9 Å². The molecule has 6 nitrogen and oxygen atoms in total. The number of hydrogen-bond donors (Lipinski definition) is 0. The fourth-order valence-corrected chi connectivity index (χ4v) is 5.05. The maximum absolute atomic E-state index is 12.9. The lowest BCUT2D eigenvalue weighted by atomic mass is 10.1. The molecule has 2 amide bonds. The molecule has 1 aliphatic heterocycles. The van der Waals surface area contributed by atoms with Gasteiger partial charge < -0.3 is 14.2 Å². The average molecular weight is 568 g/mol. The maximum Gasteiger partial charge on any atom is 0.293 e. The van der Waals surface area contributed by atoms with Crippen molar-refractivity contribution in [3.63, 3.8) is 0 Å². The van der Waals surface area contributed by atoms with E-state index in [0.29, 0.717) is 38.8 Å². The number of halogens is 1. The van der Waals surface area contributed by atoms with Gasteiger partial charge >= 0.3 is 0 Å². The molecule has 3 aromatic rings. The highest BCUT2D eigenvalue weighted by Crippen LogP contribution is 2.39. The Morgan fingerprint density at radius 3 is 2.47 bits per heavy atom. The molecule has 1 aliphatic rings. The number of carbonyl (C=O) groups is 2. The molecule has 8 heteroatoms. The lowest BCUT2D eigenvalue weighted by Crippen LogP contribution is -2.32. The van der Waals surface area contributed by atoms with E-state index in [1.54, 1.807) is 19.3 Å². The minimum atomic E-state index is -0.340. The summed E-state index contributed by atoms with van der Waals surface area (Å²) in [5.74, 6) is 1.46. The molecule has 0 spiro atoms. The first-order valence-corrected chi connectivity index (χ1v) is 13.0. The van der Waals surface area contributed by atoms with Gasteiger partial charge in [-0.05, 0) is 88.6 Å². The molecule has 0 saturated carbocycles. The molecule has 1 fully saturated rings. The molecular formula is C28H26BrNO5S. The second-order valence-electron chi connectivity index (χ2n) is 8.31. The third kappa shape index (κ3) is 6.30. The van der Waals surface area contributed by atoms with Gasteiger partial charge in [0.25, 0.3) is 11.1 Å². The van der Waals surface area contributed by atoms with E-state index in [1.807, 2.05) is 68.4 Å². The largest absolute Gasteiger partial charge is 0.493 e. The molecule has 3 aromatic carbocycles. The van der Waals surface area contributed by atoms with E-state index in [4.69, 9.17) is 14.2 Å². The lowest BCUT2D eigenvalue weighted by molar-refractivity contribution is -0.123. The van der Waals surface area contributed by atoms with E-state index >= 15 is 0 Å². The summed E-state index contributed by atoms with van der Waals surface area (Å²) in [5, 5.41) is -0.317. The van der Waals surface area contributed by atoms with E-state index < -0.39 is 0 Å². The Morgan fingerprint density at radius 2 is 1.75 bits per heavy atom. The van der Waals surface area contributed by atoms with Crippen LogP contribution in [0.3, 0.4) is 0 Å². The molecule has 186 valence electrons. The number of rotatable bonds is 9.